The maximum atomic E-state index is 14.9. The van der Waals surface area contributed by atoms with Gasteiger partial charge in [0.05, 0.1) is 5.52 Å². The van der Waals surface area contributed by atoms with Gasteiger partial charge >= 0.3 is 0 Å². The van der Waals surface area contributed by atoms with Gasteiger partial charge in [0.2, 0.25) is 0 Å². The summed E-state index contributed by atoms with van der Waals surface area (Å²) in [6.07, 6.45) is 1.91. The first-order chi connectivity index (χ1) is 12.5. The van der Waals surface area contributed by atoms with E-state index in [2.05, 4.69) is 61.6 Å². The molecule has 4 rings (SSSR count). The largest absolute Gasteiger partial charge is 0.341 e. The average Bonchev–Trinajstić information content (AvgIpc) is 2.93. The summed E-state index contributed by atoms with van der Waals surface area (Å²) in [6.45, 7) is 8.24. The van der Waals surface area contributed by atoms with Gasteiger partial charge in [-0.15, -0.1) is 0 Å². The first-order valence-electron chi connectivity index (χ1n) is 9.51. The fourth-order valence-electron chi connectivity index (χ4n) is 4.37. The van der Waals surface area contributed by atoms with Gasteiger partial charge in [-0.05, 0) is 62.6 Å². The van der Waals surface area contributed by atoms with E-state index in [0.717, 1.165) is 36.8 Å². The number of halogens is 1. The molecular formula is C23H27FN2. The van der Waals surface area contributed by atoms with Crippen molar-refractivity contribution in [1.82, 2.24) is 9.47 Å². The van der Waals surface area contributed by atoms with E-state index >= 15 is 0 Å². The fourth-order valence-corrected chi connectivity index (χ4v) is 4.37. The van der Waals surface area contributed by atoms with E-state index < -0.39 is 0 Å². The maximum Gasteiger partial charge on any atom is 0.147 e. The Morgan fingerprint density at radius 3 is 2.62 bits per heavy atom. The topological polar surface area (TPSA) is 8.17 Å². The van der Waals surface area contributed by atoms with Crippen LogP contribution < -0.4 is 0 Å². The molecule has 0 spiro atoms. The van der Waals surface area contributed by atoms with Crippen LogP contribution in [0.4, 0.5) is 4.39 Å². The predicted molar refractivity (Wildman–Crippen MR) is 106 cm³/mol. The van der Waals surface area contributed by atoms with Crippen LogP contribution in [0.5, 0.6) is 0 Å². The molecule has 0 N–H and O–H groups in total. The van der Waals surface area contributed by atoms with Crippen LogP contribution in [0.2, 0.25) is 0 Å². The van der Waals surface area contributed by atoms with Crippen LogP contribution >= 0.6 is 0 Å². The number of hydrogen-bond acceptors (Lipinski definition) is 1. The zero-order valence-corrected chi connectivity index (χ0v) is 16.1. The second kappa shape index (κ2) is 6.55. The molecular weight excluding hydrogens is 323 g/mol. The Hall–Kier alpha value is -2.13. The highest BCUT2D eigenvalue weighted by molar-refractivity contribution is 5.89. The smallest absolute Gasteiger partial charge is 0.147 e. The second-order valence-electron chi connectivity index (χ2n) is 7.81. The van der Waals surface area contributed by atoms with E-state index in [1.165, 1.54) is 27.9 Å². The van der Waals surface area contributed by atoms with Gasteiger partial charge in [0, 0.05) is 36.6 Å². The molecule has 2 aromatic carbocycles. The zero-order valence-electron chi connectivity index (χ0n) is 16.1. The first kappa shape index (κ1) is 17.3. The summed E-state index contributed by atoms with van der Waals surface area (Å²) in [5, 5.41) is 1.13. The van der Waals surface area contributed by atoms with Crippen LogP contribution in [0, 0.1) is 19.7 Å². The highest BCUT2D eigenvalue weighted by Crippen LogP contribution is 2.36. The van der Waals surface area contributed by atoms with Gasteiger partial charge in [0.25, 0.3) is 0 Å². The van der Waals surface area contributed by atoms with E-state index in [9.17, 15) is 4.39 Å². The second-order valence-corrected chi connectivity index (χ2v) is 7.81. The van der Waals surface area contributed by atoms with Crippen molar-refractivity contribution in [3.63, 3.8) is 0 Å². The number of rotatable bonds is 3. The Bertz CT molecular complexity index is 970. The molecule has 0 saturated heterocycles. The minimum atomic E-state index is -0.0971. The highest BCUT2D eigenvalue weighted by Gasteiger charge is 2.28. The lowest BCUT2D eigenvalue weighted by molar-refractivity contribution is 0.228. The van der Waals surface area contributed by atoms with Gasteiger partial charge < -0.3 is 4.57 Å². The Kier molecular flexibility index (Phi) is 4.36. The van der Waals surface area contributed by atoms with Crippen molar-refractivity contribution in [1.29, 1.82) is 0 Å². The van der Waals surface area contributed by atoms with Gasteiger partial charge in [0.15, 0.2) is 0 Å². The molecule has 1 aromatic heterocycles. The first-order valence-corrected chi connectivity index (χ1v) is 9.51. The molecule has 2 heterocycles. The van der Waals surface area contributed by atoms with E-state index in [-0.39, 0.29) is 5.82 Å². The van der Waals surface area contributed by atoms with Gasteiger partial charge in [-0.25, -0.2) is 4.39 Å². The fraction of sp³-hybridized carbons (Fsp3) is 0.391. The highest BCUT2D eigenvalue weighted by atomic mass is 19.1. The van der Waals surface area contributed by atoms with Crippen LogP contribution in [0.1, 0.15) is 34.9 Å². The Morgan fingerprint density at radius 1 is 1.08 bits per heavy atom. The van der Waals surface area contributed by atoms with Gasteiger partial charge in [0.1, 0.15) is 5.82 Å². The standard InChI is InChI=1S/C23H27FN2/c1-15-7-5-6-8-18(15)11-12-26-21-13-17(3)25(4)14-19(21)22-16(2)9-10-20(24)23(22)26/h5-10,17H,11-14H2,1-4H3. The number of likely N-dealkylation sites (N-methyl/N-ethyl adjacent to an activating group) is 1. The number of aromatic nitrogens is 1. The number of aryl methyl sites for hydroxylation is 4. The van der Waals surface area contributed by atoms with Crippen LogP contribution in [0.3, 0.4) is 0 Å². The lowest BCUT2D eigenvalue weighted by atomic mass is 9.98. The summed E-state index contributed by atoms with van der Waals surface area (Å²) in [5.74, 6) is -0.0971. The molecule has 136 valence electrons. The van der Waals surface area contributed by atoms with Gasteiger partial charge in [-0.3, -0.25) is 4.90 Å². The van der Waals surface area contributed by atoms with Crippen molar-refractivity contribution in [2.45, 2.75) is 52.7 Å². The molecule has 0 amide bonds. The monoisotopic (exact) mass is 350 g/mol. The van der Waals surface area contributed by atoms with E-state index in [1.54, 1.807) is 6.07 Å². The molecule has 3 heteroatoms. The predicted octanol–water partition coefficient (Wildman–Crippen LogP) is 5.02. The van der Waals surface area contributed by atoms with Crippen molar-refractivity contribution < 1.29 is 4.39 Å². The molecule has 0 saturated carbocycles. The van der Waals surface area contributed by atoms with Crippen LogP contribution in [0.25, 0.3) is 10.9 Å². The summed E-state index contributed by atoms with van der Waals surface area (Å²) in [5.41, 5.74) is 7.27. The molecule has 2 nitrogen and oxygen atoms in total. The summed E-state index contributed by atoms with van der Waals surface area (Å²) in [6, 6.07) is 12.5. The van der Waals surface area contributed by atoms with Crippen molar-refractivity contribution in [3.05, 3.63) is 70.2 Å². The molecule has 1 aliphatic rings. The van der Waals surface area contributed by atoms with Gasteiger partial charge in [-0.2, -0.15) is 0 Å². The SMILES string of the molecule is Cc1ccccc1CCn1c2c(c3c(C)ccc(F)c31)CN(C)C(C)C2. The van der Waals surface area contributed by atoms with Crippen molar-refractivity contribution >= 4 is 10.9 Å². The summed E-state index contributed by atoms with van der Waals surface area (Å²) < 4.78 is 17.1. The summed E-state index contributed by atoms with van der Waals surface area (Å²) >= 11 is 0. The molecule has 0 fully saturated rings. The molecule has 0 radical (unpaired) electrons. The third-order valence-corrected chi connectivity index (χ3v) is 6.10. The maximum absolute atomic E-state index is 14.9. The lowest BCUT2D eigenvalue weighted by Gasteiger charge is -2.31. The Balaban J connectivity index is 1.84. The van der Waals surface area contributed by atoms with Crippen molar-refractivity contribution in [2.75, 3.05) is 7.05 Å². The van der Waals surface area contributed by atoms with E-state index in [0.29, 0.717) is 6.04 Å². The van der Waals surface area contributed by atoms with E-state index in [1.807, 2.05) is 6.07 Å². The van der Waals surface area contributed by atoms with Crippen molar-refractivity contribution in [3.8, 4) is 0 Å². The number of nitrogens with zero attached hydrogens (tertiary/aromatic N) is 2. The number of hydrogen-bond donors (Lipinski definition) is 0. The molecule has 26 heavy (non-hydrogen) atoms. The molecule has 1 aliphatic heterocycles. The third-order valence-electron chi connectivity index (χ3n) is 6.10. The zero-order chi connectivity index (χ0) is 18.4. The van der Waals surface area contributed by atoms with Crippen LogP contribution in [0.15, 0.2) is 36.4 Å². The third kappa shape index (κ3) is 2.75. The number of fused-ring (bicyclic) bond motifs is 3. The molecule has 1 atom stereocenters. The molecule has 1 unspecified atom stereocenters. The minimum absolute atomic E-state index is 0.0971. The average molecular weight is 350 g/mol. The van der Waals surface area contributed by atoms with Gasteiger partial charge in [-0.1, -0.05) is 30.3 Å². The van der Waals surface area contributed by atoms with Crippen LogP contribution in [-0.2, 0) is 25.9 Å². The molecule has 0 bridgehead atoms. The Labute approximate surface area is 155 Å². The van der Waals surface area contributed by atoms with Crippen LogP contribution in [-0.4, -0.2) is 22.6 Å². The molecule has 3 aromatic rings. The summed E-state index contributed by atoms with van der Waals surface area (Å²) in [4.78, 5) is 2.37. The Morgan fingerprint density at radius 2 is 1.85 bits per heavy atom. The quantitative estimate of drug-likeness (QED) is 0.644. The lowest BCUT2D eigenvalue weighted by Crippen LogP contribution is -2.35. The molecule has 0 aliphatic carbocycles. The minimum Gasteiger partial charge on any atom is -0.341 e. The number of benzene rings is 2. The van der Waals surface area contributed by atoms with E-state index in [4.69, 9.17) is 0 Å². The summed E-state index contributed by atoms with van der Waals surface area (Å²) in [7, 11) is 2.17. The normalized spacial score (nSPS) is 17.7. The van der Waals surface area contributed by atoms with Crippen molar-refractivity contribution in [2.24, 2.45) is 0 Å².